The summed E-state index contributed by atoms with van der Waals surface area (Å²) >= 11 is 0. The standard InChI is InChI=1S/C14H21N3O2/c1-17(2)12-5-3-11(4-6-12)16-13(18)14(15)7-9-19-10-8-14/h3-6H,7-10,15H2,1-2H3,(H,16,18). The number of nitrogens with zero attached hydrogens (tertiary/aromatic N) is 1. The number of amides is 1. The van der Waals surface area contributed by atoms with Gasteiger partial charge in [0.25, 0.3) is 0 Å². The summed E-state index contributed by atoms with van der Waals surface area (Å²) in [5, 5.41) is 2.88. The highest BCUT2D eigenvalue weighted by molar-refractivity contribution is 5.98. The van der Waals surface area contributed by atoms with Gasteiger partial charge < -0.3 is 20.7 Å². The average molecular weight is 263 g/mol. The molecule has 19 heavy (non-hydrogen) atoms. The summed E-state index contributed by atoms with van der Waals surface area (Å²) in [5.41, 5.74) is 7.18. The largest absolute Gasteiger partial charge is 0.381 e. The minimum Gasteiger partial charge on any atom is -0.381 e. The number of hydrogen-bond acceptors (Lipinski definition) is 4. The van der Waals surface area contributed by atoms with Gasteiger partial charge in [-0.15, -0.1) is 0 Å². The molecular weight excluding hydrogens is 242 g/mol. The molecule has 1 aromatic carbocycles. The first-order valence-electron chi connectivity index (χ1n) is 6.47. The van der Waals surface area contributed by atoms with Crippen LogP contribution in [-0.4, -0.2) is 38.8 Å². The van der Waals surface area contributed by atoms with E-state index in [4.69, 9.17) is 10.5 Å². The Morgan fingerprint density at radius 2 is 1.84 bits per heavy atom. The van der Waals surface area contributed by atoms with Crippen LogP contribution in [0.2, 0.25) is 0 Å². The van der Waals surface area contributed by atoms with Gasteiger partial charge in [0.15, 0.2) is 0 Å². The van der Waals surface area contributed by atoms with Crippen LogP contribution in [0.3, 0.4) is 0 Å². The zero-order valence-electron chi connectivity index (χ0n) is 11.5. The molecule has 0 unspecified atom stereocenters. The highest BCUT2D eigenvalue weighted by Gasteiger charge is 2.35. The van der Waals surface area contributed by atoms with Gasteiger partial charge in [-0.3, -0.25) is 4.79 Å². The predicted octanol–water partition coefficient (Wildman–Crippen LogP) is 1.20. The Labute approximate surface area is 113 Å². The molecule has 0 atom stereocenters. The fraction of sp³-hybridized carbons (Fsp3) is 0.500. The third kappa shape index (κ3) is 3.24. The van der Waals surface area contributed by atoms with E-state index in [1.54, 1.807) is 0 Å². The Kier molecular flexibility index (Phi) is 4.07. The van der Waals surface area contributed by atoms with Gasteiger partial charge in [0, 0.05) is 38.7 Å². The first-order chi connectivity index (χ1) is 9.01. The predicted molar refractivity (Wildman–Crippen MR) is 76.4 cm³/mol. The minimum atomic E-state index is -0.807. The molecule has 1 aromatic rings. The van der Waals surface area contributed by atoms with Crippen molar-refractivity contribution < 1.29 is 9.53 Å². The van der Waals surface area contributed by atoms with Gasteiger partial charge in [-0.25, -0.2) is 0 Å². The van der Waals surface area contributed by atoms with Crippen molar-refractivity contribution in [2.75, 3.05) is 37.5 Å². The van der Waals surface area contributed by atoms with E-state index in [1.165, 1.54) is 0 Å². The molecule has 1 amide bonds. The lowest BCUT2D eigenvalue weighted by atomic mass is 9.90. The Morgan fingerprint density at radius 3 is 2.37 bits per heavy atom. The summed E-state index contributed by atoms with van der Waals surface area (Å²) in [6.07, 6.45) is 1.13. The Morgan fingerprint density at radius 1 is 1.26 bits per heavy atom. The van der Waals surface area contributed by atoms with Crippen molar-refractivity contribution in [1.29, 1.82) is 0 Å². The molecule has 1 heterocycles. The number of carbonyl (C=O) groups is 1. The van der Waals surface area contributed by atoms with E-state index in [0.717, 1.165) is 11.4 Å². The van der Waals surface area contributed by atoms with Crippen molar-refractivity contribution in [3.8, 4) is 0 Å². The molecule has 0 aliphatic carbocycles. The number of nitrogens with two attached hydrogens (primary N) is 1. The Bertz CT molecular complexity index is 437. The maximum Gasteiger partial charge on any atom is 0.244 e. The van der Waals surface area contributed by atoms with Crippen LogP contribution < -0.4 is 16.0 Å². The molecule has 2 rings (SSSR count). The SMILES string of the molecule is CN(C)c1ccc(NC(=O)C2(N)CCOCC2)cc1. The van der Waals surface area contributed by atoms with Gasteiger partial charge in [0.1, 0.15) is 5.54 Å². The summed E-state index contributed by atoms with van der Waals surface area (Å²) in [6.45, 7) is 1.09. The maximum atomic E-state index is 12.2. The van der Waals surface area contributed by atoms with Crippen LogP contribution in [0.4, 0.5) is 11.4 Å². The lowest BCUT2D eigenvalue weighted by Gasteiger charge is -2.31. The molecular formula is C14H21N3O2. The number of nitrogens with one attached hydrogen (secondary N) is 1. The summed E-state index contributed by atoms with van der Waals surface area (Å²) < 4.78 is 5.24. The Hall–Kier alpha value is -1.59. The van der Waals surface area contributed by atoms with Crippen molar-refractivity contribution in [2.24, 2.45) is 5.73 Å². The molecule has 5 heteroatoms. The van der Waals surface area contributed by atoms with Crippen LogP contribution in [0.5, 0.6) is 0 Å². The molecule has 1 aliphatic rings. The van der Waals surface area contributed by atoms with E-state index in [-0.39, 0.29) is 5.91 Å². The molecule has 3 N–H and O–H groups in total. The molecule has 0 saturated carbocycles. The zero-order valence-corrected chi connectivity index (χ0v) is 11.5. The quantitative estimate of drug-likeness (QED) is 0.860. The second-order valence-electron chi connectivity index (χ2n) is 5.16. The normalized spacial score (nSPS) is 17.8. The van der Waals surface area contributed by atoms with Gasteiger partial charge in [0.05, 0.1) is 0 Å². The molecule has 1 saturated heterocycles. The van der Waals surface area contributed by atoms with Gasteiger partial charge in [0.2, 0.25) is 5.91 Å². The second-order valence-corrected chi connectivity index (χ2v) is 5.16. The smallest absolute Gasteiger partial charge is 0.244 e. The fourth-order valence-electron chi connectivity index (χ4n) is 2.06. The monoisotopic (exact) mass is 263 g/mol. The van der Waals surface area contributed by atoms with Gasteiger partial charge in [-0.05, 0) is 37.1 Å². The third-order valence-electron chi connectivity index (χ3n) is 3.48. The van der Waals surface area contributed by atoms with Gasteiger partial charge in [-0.2, -0.15) is 0 Å². The minimum absolute atomic E-state index is 0.131. The van der Waals surface area contributed by atoms with Crippen LogP contribution in [0.1, 0.15) is 12.8 Å². The first-order valence-corrected chi connectivity index (χ1v) is 6.47. The van der Waals surface area contributed by atoms with Gasteiger partial charge >= 0.3 is 0 Å². The third-order valence-corrected chi connectivity index (χ3v) is 3.48. The molecule has 0 spiro atoms. The van der Waals surface area contributed by atoms with E-state index in [9.17, 15) is 4.79 Å². The van der Waals surface area contributed by atoms with Crippen molar-refractivity contribution in [1.82, 2.24) is 0 Å². The lowest BCUT2D eigenvalue weighted by Crippen LogP contribution is -2.54. The molecule has 104 valence electrons. The molecule has 0 aromatic heterocycles. The van der Waals surface area contributed by atoms with Crippen LogP contribution in [-0.2, 0) is 9.53 Å². The number of ether oxygens (including phenoxy) is 1. The second kappa shape index (κ2) is 5.59. The van der Waals surface area contributed by atoms with Crippen LogP contribution in [0.25, 0.3) is 0 Å². The summed E-state index contributed by atoms with van der Waals surface area (Å²) in [5.74, 6) is -0.131. The van der Waals surface area contributed by atoms with E-state index in [1.807, 2.05) is 43.3 Å². The van der Waals surface area contributed by atoms with Crippen molar-refractivity contribution in [3.05, 3.63) is 24.3 Å². The zero-order chi connectivity index (χ0) is 13.9. The number of anilines is 2. The van der Waals surface area contributed by atoms with Gasteiger partial charge in [-0.1, -0.05) is 0 Å². The van der Waals surface area contributed by atoms with Crippen molar-refractivity contribution >= 4 is 17.3 Å². The topological polar surface area (TPSA) is 67.6 Å². The van der Waals surface area contributed by atoms with Crippen LogP contribution >= 0.6 is 0 Å². The Balaban J connectivity index is 2.02. The molecule has 5 nitrogen and oxygen atoms in total. The van der Waals surface area contributed by atoms with Crippen molar-refractivity contribution in [2.45, 2.75) is 18.4 Å². The van der Waals surface area contributed by atoms with E-state index < -0.39 is 5.54 Å². The van der Waals surface area contributed by atoms with E-state index >= 15 is 0 Å². The summed E-state index contributed by atoms with van der Waals surface area (Å²) in [4.78, 5) is 14.2. The van der Waals surface area contributed by atoms with Crippen LogP contribution in [0.15, 0.2) is 24.3 Å². The molecule has 1 fully saturated rings. The van der Waals surface area contributed by atoms with Crippen LogP contribution in [0, 0.1) is 0 Å². The first kappa shape index (κ1) is 13.8. The molecule has 1 aliphatic heterocycles. The number of carbonyl (C=O) groups excluding carboxylic acids is 1. The fourth-order valence-corrected chi connectivity index (χ4v) is 2.06. The number of hydrogen-bond donors (Lipinski definition) is 2. The molecule has 0 radical (unpaired) electrons. The van der Waals surface area contributed by atoms with E-state index in [2.05, 4.69) is 5.32 Å². The van der Waals surface area contributed by atoms with E-state index in [0.29, 0.717) is 26.1 Å². The van der Waals surface area contributed by atoms with Crippen molar-refractivity contribution in [3.63, 3.8) is 0 Å². The highest BCUT2D eigenvalue weighted by Crippen LogP contribution is 2.21. The number of rotatable bonds is 3. The average Bonchev–Trinajstić information content (AvgIpc) is 2.40. The maximum absolute atomic E-state index is 12.2. The number of benzene rings is 1. The highest BCUT2D eigenvalue weighted by atomic mass is 16.5. The summed E-state index contributed by atoms with van der Waals surface area (Å²) in [6, 6.07) is 7.69. The molecule has 0 bridgehead atoms. The summed E-state index contributed by atoms with van der Waals surface area (Å²) in [7, 11) is 3.95. The lowest BCUT2D eigenvalue weighted by molar-refractivity contribution is -0.124.